The minimum absolute atomic E-state index is 0.0607. The number of hydrogen-bond donors (Lipinski definition) is 0. The summed E-state index contributed by atoms with van der Waals surface area (Å²) in [6, 6.07) is 0. The van der Waals surface area contributed by atoms with Crippen molar-refractivity contribution in [2.24, 2.45) is 11.8 Å². The molecule has 2 heterocycles. The Morgan fingerprint density at radius 1 is 1.12 bits per heavy atom. The molecule has 2 saturated heterocycles. The van der Waals surface area contributed by atoms with Crippen molar-refractivity contribution in [1.82, 2.24) is 0 Å². The Hall–Kier alpha value is 0.210. The number of hydrogen-bond acceptors (Lipinski definition) is 2. The second kappa shape index (κ2) is 5.46. The second-order valence-electron chi connectivity index (χ2n) is 5.95. The van der Waals surface area contributed by atoms with Gasteiger partial charge in [0.1, 0.15) is 5.56 Å². The van der Waals surface area contributed by atoms with E-state index in [1.165, 1.54) is 51.4 Å². The van der Waals surface area contributed by atoms with Gasteiger partial charge in [-0.3, -0.25) is 0 Å². The first-order valence-corrected chi connectivity index (χ1v) is 7.67. The molecule has 0 N–H and O–H groups in total. The molecule has 0 radical (unpaired) electrons. The van der Waals surface area contributed by atoms with Gasteiger partial charge in [0.25, 0.3) is 0 Å². The van der Waals surface area contributed by atoms with E-state index in [0.717, 1.165) is 6.61 Å². The van der Waals surface area contributed by atoms with Gasteiger partial charge in [0.05, 0.1) is 18.8 Å². The lowest BCUT2D eigenvalue weighted by molar-refractivity contribution is 0.0124. The highest BCUT2D eigenvalue weighted by molar-refractivity contribution is 6.19. The molecule has 0 spiro atoms. The maximum Gasteiger partial charge on any atom is 0.133 e. The van der Waals surface area contributed by atoms with E-state index >= 15 is 0 Å². The Labute approximate surface area is 109 Å². The molecule has 17 heavy (non-hydrogen) atoms. The van der Waals surface area contributed by atoms with Gasteiger partial charge >= 0.3 is 0 Å². The zero-order chi connectivity index (χ0) is 11.7. The van der Waals surface area contributed by atoms with E-state index < -0.39 is 0 Å². The molecule has 4 unspecified atom stereocenters. The zero-order valence-corrected chi connectivity index (χ0v) is 11.2. The van der Waals surface area contributed by atoms with E-state index in [1.807, 2.05) is 0 Å². The van der Waals surface area contributed by atoms with Crippen molar-refractivity contribution < 1.29 is 9.47 Å². The molecule has 3 aliphatic rings. The van der Waals surface area contributed by atoms with Crippen molar-refractivity contribution in [2.75, 3.05) is 6.61 Å². The van der Waals surface area contributed by atoms with Crippen molar-refractivity contribution in [3.05, 3.63) is 0 Å². The van der Waals surface area contributed by atoms with Crippen LogP contribution in [-0.2, 0) is 9.47 Å². The highest BCUT2D eigenvalue weighted by atomic mass is 35.5. The molecule has 1 saturated carbocycles. The van der Waals surface area contributed by atoms with Gasteiger partial charge in [-0.15, -0.1) is 0 Å². The third kappa shape index (κ3) is 2.80. The van der Waals surface area contributed by atoms with E-state index in [0.29, 0.717) is 24.0 Å². The lowest BCUT2D eigenvalue weighted by atomic mass is 9.89. The monoisotopic (exact) mass is 258 g/mol. The molecule has 0 aromatic carbocycles. The van der Waals surface area contributed by atoms with E-state index in [2.05, 4.69) is 0 Å². The van der Waals surface area contributed by atoms with Crippen molar-refractivity contribution in [3.63, 3.8) is 0 Å². The Bertz CT molecular complexity index is 253. The molecule has 3 heteroatoms. The highest BCUT2D eigenvalue weighted by Crippen LogP contribution is 2.39. The van der Waals surface area contributed by atoms with Crippen LogP contribution in [-0.4, -0.2) is 24.4 Å². The summed E-state index contributed by atoms with van der Waals surface area (Å²) in [4.78, 5) is 0. The fourth-order valence-corrected chi connectivity index (χ4v) is 3.99. The summed E-state index contributed by atoms with van der Waals surface area (Å²) in [5.74, 6) is 1.20. The van der Waals surface area contributed by atoms with Gasteiger partial charge in [0, 0.05) is 5.92 Å². The molecule has 0 aromatic rings. The van der Waals surface area contributed by atoms with E-state index in [-0.39, 0.29) is 5.56 Å². The SMILES string of the molecule is ClC(OCC1CC2CCC1O2)C1CCCCC1. The van der Waals surface area contributed by atoms with Crippen LogP contribution in [0.2, 0.25) is 0 Å². The molecular formula is C14H23ClO2. The summed E-state index contributed by atoms with van der Waals surface area (Å²) in [6.45, 7) is 0.811. The predicted molar refractivity (Wildman–Crippen MR) is 68.2 cm³/mol. The van der Waals surface area contributed by atoms with Crippen LogP contribution in [0.15, 0.2) is 0 Å². The van der Waals surface area contributed by atoms with Crippen molar-refractivity contribution >= 4 is 11.6 Å². The number of halogens is 1. The molecule has 0 aromatic heterocycles. The van der Waals surface area contributed by atoms with Gasteiger partial charge in [-0.05, 0) is 38.0 Å². The smallest absolute Gasteiger partial charge is 0.133 e. The molecular weight excluding hydrogens is 236 g/mol. The minimum atomic E-state index is -0.0607. The maximum atomic E-state index is 6.38. The van der Waals surface area contributed by atoms with Gasteiger partial charge in [-0.2, -0.15) is 0 Å². The normalized spacial score (nSPS) is 39.7. The van der Waals surface area contributed by atoms with Crippen LogP contribution in [0.4, 0.5) is 0 Å². The van der Waals surface area contributed by atoms with Gasteiger partial charge in [0.15, 0.2) is 0 Å². The average molecular weight is 259 g/mol. The van der Waals surface area contributed by atoms with Crippen LogP contribution in [0.1, 0.15) is 51.4 Å². The van der Waals surface area contributed by atoms with Crippen LogP contribution in [0, 0.1) is 11.8 Å². The van der Waals surface area contributed by atoms with Crippen LogP contribution in [0.3, 0.4) is 0 Å². The topological polar surface area (TPSA) is 18.5 Å². The van der Waals surface area contributed by atoms with Crippen LogP contribution < -0.4 is 0 Å². The third-order valence-electron chi connectivity index (χ3n) is 4.72. The quantitative estimate of drug-likeness (QED) is 0.716. The van der Waals surface area contributed by atoms with Crippen LogP contribution >= 0.6 is 11.6 Å². The van der Waals surface area contributed by atoms with Crippen LogP contribution in [0.5, 0.6) is 0 Å². The first-order valence-electron chi connectivity index (χ1n) is 7.24. The van der Waals surface area contributed by atoms with Gasteiger partial charge in [-0.25, -0.2) is 0 Å². The van der Waals surface area contributed by atoms with E-state index in [1.54, 1.807) is 0 Å². The molecule has 2 bridgehead atoms. The van der Waals surface area contributed by atoms with E-state index in [4.69, 9.17) is 21.1 Å². The fraction of sp³-hybridized carbons (Fsp3) is 1.00. The largest absolute Gasteiger partial charge is 0.375 e. The highest BCUT2D eigenvalue weighted by Gasteiger charge is 2.41. The number of ether oxygens (including phenoxy) is 2. The maximum absolute atomic E-state index is 6.38. The van der Waals surface area contributed by atoms with Gasteiger partial charge in [-0.1, -0.05) is 30.9 Å². The minimum Gasteiger partial charge on any atom is -0.375 e. The Morgan fingerprint density at radius 3 is 2.59 bits per heavy atom. The van der Waals surface area contributed by atoms with Crippen molar-refractivity contribution in [3.8, 4) is 0 Å². The van der Waals surface area contributed by atoms with Gasteiger partial charge < -0.3 is 9.47 Å². The summed E-state index contributed by atoms with van der Waals surface area (Å²) in [6.07, 6.45) is 11.2. The molecule has 3 rings (SSSR count). The molecule has 0 amide bonds. The van der Waals surface area contributed by atoms with Gasteiger partial charge in [0.2, 0.25) is 0 Å². The predicted octanol–water partition coefficient (Wildman–Crippen LogP) is 3.72. The lowest BCUT2D eigenvalue weighted by Gasteiger charge is -2.28. The molecule has 1 aliphatic carbocycles. The third-order valence-corrected chi connectivity index (χ3v) is 5.20. The number of rotatable bonds is 4. The second-order valence-corrected chi connectivity index (χ2v) is 6.38. The first kappa shape index (κ1) is 12.3. The molecule has 98 valence electrons. The number of alkyl halides is 1. The summed E-state index contributed by atoms with van der Waals surface area (Å²) in [5.41, 5.74) is -0.0607. The summed E-state index contributed by atoms with van der Waals surface area (Å²) in [5, 5.41) is 0. The molecule has 3 fully saturated rings. The Kier molecular flexibility index (Phi) is 3.94. The zero-order valence-electron chi connectivity index (χ0n) is 10.4. The first-order chi connectivity index (χ1) is 8.33. The average Bonchev–Trinajstić information content (AvgIpc) is 2.99. The van der Waals surface area contributed by atoms with Crippen molar-refractivity contribution in [2.45, 2.75) is 69.1 Å². The van der Waals surface area contributed by atoms with Crippen LogP contribution in [0.25, 0.3) is 0 Å². The summed E-state index contributed by atoms with van der Waals surface area (Å²) >= 11 is 6.38. The molecule has 2 aliphatic heterocycles. The summed E-state index contributed by atoms with van der Waals surface area (Å²) < 4.78 is 11.7. The lowest BCUT2D eigenvalue weighted by Crippen LogP contribution is -2.27. The Balaban J connectivity index is 1.41. The summed E-state index contributed by atoms with van der Waals surface area (Å²) in [7, 11) is 0. The molecule has 2 nitrogen and oxygen atoms in total. The molecule has 4 atom stereocenters. The number of fused-ring (bicyclic) bond motifs is 2. The fourth-order valence-electron chi connectivity index (χ4n) is 3.67. The Morgan fingerprint density at radius 2 is 1.94 bits per heavy atom. The standard InChI is InChI=1S/C14H23ClO2/c15-14(10-4-2-1-3-5-10)16-9-11-8-12-6-7-13(11)17-12/h10-14H,1-9H2. The van der Waals surface area contributed by atoms with Crippen molar-refractivity contribution in [1.29, 1.82) is 0 Å². The van der Waals surface area contributed by atoms with E-state index in [9.17, 15) is 0 Å².